The lowest BCUT2D eigenvalue weighted by molar-refractivity contribution is 0.151. The smallest absolute Gasteiger partial charge is 0.00331 e. The summed E-state index contributed by atoms with van der Waals surface area (Å²) in [5, 5.41) is 3.41. The Bertz CT molecular complexity index is 130. The second-order valence-electron chi connectivity index (χ2n) is 4.39. The molecule has 0 radical (unpaired) electrons. The van der Waals surface area contributed by atoms with Crippen molar-refractivity contribution in [2.45, 2.75) is 26.7 Å². The number of nitrogens with zero attached hydrogens (tertiary/aromatic N) is 1. The van der Waals surface area contributed by atoms with Crippen LogP contribution in [0.5, 0.6) is 0 Å². The number of nitrogens with one attached hydrogen (secondary N) is 1. The molecule has 0 spiro atoms. The van der Waals surface area contributed by atoms with Gasteiger partial charge in [-0.3, -0.25) is 0 Å². The first-order valence-corrected chi connectivity index (χ1v) is 5.63. The maximum atomic E-state index is 4.50. The van der Waals surface area contributed by atoms with E-state index in [1.54, 1.807) is 0 Å². The van der Waals surface area contributed by atoms with E-state index in [4.69, 9.17) is 0 Å². The van der Waals surface area contributed by atoms with Crippen LogP contribution in [-0.2, 0) is 0 Å². The van der Waals surface area contributed by atoms with Crippen LogP contribution < -0.4 is 11.1 Å². The molecule has 0 aliphatic carbocycles. The molecule has 86 valence electrons. The van der Waals surface area contributed by atoms with Crippen LogP contribution in [0.2, 0.25) is 0 Å². The molecule has 14 heavy (non-hydrogen) atoms. The fraction of sp³-hybridized carbons (Fsp3) is 1.00. The molecule has 0 bridgehead atoms. The summed E-state index contributed by atoms with van der Waals surface area (Å²) in [6, 6.07) is 0. The van der Waals surface area contributed by atoms with E-state index in [2.05, 4.69) is 36.8 Å². The molecule has 3 heteroatoms. The molecule has 1 rings (SSSR count). The first-order valence-electron chi connectivity index (χ1n) is 5.63. The Morgan fingerprint density at radius 2 is 1.79 bits per heavy atom. The predicted octanol–water partition coefficient (Wildman–Crippen LogP) is 0.903. The first kappa shape index (κ1) is 13.9. The Morgan fingerprint density at radius 3 is 2.21 bits per heavy atom. The molecule has 0 aromatic rings. The lowest BCUT2D eigenvalue weighted by atomic mass is 9.80. The summed E-state index contributed by atoms with van der Waals surface area (Å²) >= 11 is 0. The molecule has 0 aromatic heterocycles. The van der Waals surface area contributed by atoms with E-state index in [1.165, 1.54) is 46.1 Å². The van der Waals surface area contributed by atoms with Gasteiger partial charge in [-0.15, -0.1) is 0 Å². The summed E-state index contributed by atoms with van der Waals surface area (Å²) in [4.78, 5) is 2.42. The summed E-state index contributed by atoms with van der Waals surface area (Å²) in [6.45, 7) is 9.47. The van der Waals surface area contributed by atoms with E-state index in [1.807, 2.05) is 0 Å². The Hall–Kier alpha value is -0.120. The van der Waals surface area contributed by atoms with E-state index < -0.39 is 0 Å². The molecule has 1 heterocycles. The summed E-state index contributed by atoms with van der Waals surface area (Å²) < 4.78 is 0. The highest BCUT2D eigenvalue weighted by molar-refractivity contribution is 4.82. The number of nitrogens with two attached hydrogens (primary N) is 1. The van der Waals surface area contributed by atoms with Crippen molar-refractivity contribution in [3.63, 3.8) is 0 Å². The van der Waals surface area contributed by atoms with Gasteiger partial charge in [-0.25, -0.2) is 0 Å². The van der Waals surface area contributed by atoms with Gasteiger partial charge in [0, 0.05) is 6.54 Å². The third-order valence-electron chi connectivity index (χ3n) is 3.00. The minimum Gasteiger partial charge on any atom is -0.333 e. The van der Waals surface area contributed by atoms with Crippen molar-refractivity contribution in [3.8, 4) is 0 Å². The van der Waals surface area contributed by atoms with Gasteiger partial charge in [-0.05, 0) is 52.0 Å². The van der Waals surface area contributed by atoms with E-state index in [9.17, 15) is 0 Å². The van der Waals surface area contributed by atoms with Crippen LogP contribution in [0.3, 0.4) is 0 Å². The SMILES string of the molecule is CCN(C)CC1(C)CCNCC1.CN. The van der Waals surface area contributed by atoms with Crippen LogP contribution >= 0.6 is 0 Å². The fourth-order valence-electron chi connectivity index (χ4n) is 1.95. The van der Waals surface area contributed by atoms with Crippen LogP contribution in [0, 0.1) is 5.41 Å². The molecule has 0 saturated carbocycles. The molecule has 3 N–H and O–H groups in total. The Labute approximate surface area is 89.0 Å². The van der Waals surface area contributed by atoms with E-state index in [-0.39, 0.29) is 0 Å². The highest BCUT2D eigenvalue weighted by Crippen LogP contribution is 2.28. The molecule has 3 nitrogen and oxygen atoms in total. The topological polar surface area (TPSA) is 41.3 Å². The maximum absolute atomic E-state index is 4.50. The molecule has 0 atom stereocenters. The van der Waals surface area contributed by atoms with Crippen LogP contribution in [0.15, 0.2) is 0 Å². The molecule has 1 fully saturated rings. The highest BCUT2D eigenvalue weighted by atomic mass is 15.1. The lowest BCUT2D eigenvalue weighted by Gasteiger charge is -2.37. The fourth-order valence-corrected chi connectivity index (χ4v) is 1.95. The average Bonchev–Trinajstić information content (AvgIpc) is 2.21. The third kappa shape index (κ3) is 4.94. The Kier molecular flexibility index (Phi) is 7.15. The second-order valence-corrected chi connectivity index (χ2v) is 4.39. The van der Waals surface area contributed by atoms with Gasteiger partial charge in [0.05, 0.1) is 0 Å². The molecule has 1 saturated heterocycles. The second kappa shape index (κ2) is 7.21. The third-order valence-corrected chi connectivity index (χ3v) is 3.00. The Morgan fingerprint density at radius 1 is 1.29 bits per heavy atom. The van der Waals surface area contributed by atoms with Gasteiger partial charge in [0.25, 0.3) is 0 Å². The van der Waals surface area contributed by atoms with Gasteiger partial charge >= 0.3 is 0 Å². The first-order chi connectivity index (χ1) is 6.66. The van der Waals surface area contributed by atoms with Gasteiger partial charge in [-0.1, -0.05) is 13.8 Å². The predicted molar refractivity (Wildman–Crippen MR) is 63.5 cm³/mol. The van der Waals surface area contributed by atoms with Crippen molar-refractivity contribution in [2.75, 3.05) is 40.3 Å². The van der Waals surface area contributed by atoms with Gasteiger partial charge in [-0.2, -0.15) is 0 Å². The van der Waals surface area contributed by atoms with Crippen molar-refractivity contribution >= 4 is 0 Å². The van der Waals surface area contributed by atoms with E-state index >= 15 is 0 Å². The van der Waals surface area contributed by atoms with Crippen LogP contribution in [0.1, 0.15) is 26.7 Å². The minimum atomic E-state index is 0.565. The van der Waals surface area contributed by atoms with Crippen molar-refractivity contribution < 1.29 is 0 Å². The Balaban J connectivity index is 0.000000791. The quantitative estimate of drug-likeness (QED) is 0.713. The summed E-state index contributed by atoms with van der Waals surface area (Å²) in [5.41, 5.74) is 5.07. The molecule has 1 aliphatic heterocycles. The number of hydrogen-bond acceptors (Lipinski definition) is 3. The van der Waals surface area contributed by atoms with Crippen molar-refractivity contribution in [3.05, 3.63) is 0 Å². The van der Waals surface area contributed by atoms with Crippen molar-refractivity contribution in [2.24, 2.45) is 11.1 Å². The number of rotatable bonds is 3. The molecule has 0 amide bonds. The molecular weight excluding hydrogens is 174 g/mol. The van der Waals surface area contributed by atoms with Crippen LogP contribution in [-0.4, -0.2) is 45.2 Å². The zero-order valence-corrected chi connectivity index (χ0v) is 10.3. The minimum absolute atomic E-state index is 0.565. The molecular formula is C11H27N3. The standard InChI is InChI=1S/C10H22N2.CH5N/c1-4-12(3)9-10(2)5-7-11-8-6-10;1-2/h11H,4-9H2,1-3H3;2H2,1H3. The summed E-state index contributed by atoms with van der Waals surface area (Å²) in [6.07, 6.45) is 2.66. The zero-order valence-electron chi connectivity index (χ0n) is 10.3. The summed E-state index contributed by atoms with van der Waals surface area (Å²) in [7, 11) is 3.72. The van der Waals surface area contributed by atoms with E-state index in [0.717, 1.165) is 0 Å². The molecule has 0 aromatic carbocycles. The normalized spacial score (nSPS) is 20.1. The van der Waals surface area contributed by atoms with Crippen LogP contribution in [0.25, 0.3) is 0 Å². The van der Waals surface area contributed by atoms with Crippen molar-refractivity contribution in [1.82, 2.24) is 10.2 Å². The van der Waals surface area contributed by atoms with Gasteiger partial charge in [0.15, 0.2) is 0 Å². The maximum Gasteiger partial charge on any atom is 0.00331 e. The van der Waals surface area contributed by atoms with Gasteiger partial charge in [0.1, 0.15) is 0 Å². The van der Waals surface area contributed by atoms with Crippen LogP contribution in [0.4, 0.5) is 0 Å². The summed E-state index contributed by atoms with van der Waals surface area (Å²) in [5.74, 6) is 0. The molecule has 0 unspecified atom stereocenters. The largest absolute Gasteiger partial charge is 0.333 e. The van der Waals surface area contributed by atoms with Gasteiger partial charge in [0.2, 0.25) is 0 Å². The van der Waals surface area contributed by atoms with Crippen molar-refractivity contribution in [1.29, 1.82) is 0 Å². The highest BCUT2D eigenvalue weighted by Gasteiger charge is 2.27. The zero-order chi connectivity index (χ0) is 11.0. The van der Waals surface area contributed by atoms with E-state index in [0.29, 0.717) is 5.41 Å². The monoisotopic (exact) mass is 201 g/mol. The molecule has 1 aliphatic rings. The average molecular weight is 201 g/mol. The lowest BCUT2D eigenvalue weighted by Crippen LogP contribution is -2.41. The number of hydrogen-bond donors (Lipinski definition) is 2. The number of piperidine rings is 1. The van der Waals surface area contributed by atoms with Gasteiger partial charge < -0.3 is 16.0 Å².